The molecule has 0 saturated carbocycles. The van der Waals surface area contributed by atoms with Crippen LogP contribution in [-0.2, 0) is 13.6 Å². The molecule has 66 valence electrons. The van der Waals surface area contributed by atoms with Crippen LogP contribution in [0.15, 0.2) is 12.4 Å². The van der Waals surface area contributed by atoms with Crippen molar-refractivity contribution in [3.63, 3.8) is 0 Å². The summed E-state index contributed by atoms with van der Waals surface area (Å²) in [6.45, 7) is 0.897. The Morgan fingerprint density at radius 3 is 2.55 bits per heavy atom. The summed E-state index contributed by atoms with van der Waals surface area (Å²) in [4.78, 5) is 0. The van der Waals surface area contributed by atoms with Crippen molar-refractivity contribution in [3.8, 4) is 0 Å². The molecular formula is C6H13Cl2N3. The van der Waals surface area contributed by atoms with E-state index in [1.54, 1.807) is 4.68 Å². The van der Waals surface area contributed by atoms with Gasteiger partial charge in [0.05, 0.1) is 6.20 Å². The van der Waals surface area contributed by atoms with E-state index in [-0.39, 0.29) is 24.8 Å². The molecule has 1 rings (SSSR count). The van der Waals surface area contributed by atoms with Crippen LogP contribution in [0.5, 0.6) is 0 Å². The van der Waals surface area contributed by atoms with Crippen molar-refractivity contribution in [3.05, 3.63) is 18.0 Å². The first-order chi connectivity index (χ1) is 4.33. The standard InChI is InChI=1S/C6H11N3.2ClH/c1-7-3-6-4-8-9(2)5-6;;/h4-5,7H,3H2,1-2H3;2*1H. The van der Waals surface area contributed by atoms with Gasteiger partial charge in [-0.15, -0.1) is 24.8 Å². The minimum atomic E-state index is 0. The summed E-state index contributed by atoms with van der Waals surface area (Å²) >= 11 is 0. The van der Waals surface area contributed by atoms with Gasteiger partial charge in [0, 0.05) is 25.4 Å². The smallest absolute Gasteiger partial charge is 0.0534 e. The van der Waals surface area contributed by atoms with Crippen LogP contribution in [0.1, 0.15) is 5.56 Å². The predicted molar refractivity (Wildman–Crippen MR) is 50.5 cm³/mol. The third-order valence-electron chi connectivity index (χ3n) is 1.14. The number of rotatable bonds is 2. The summed E-state index contributed by atoms with van der Waals surface area (Å²) in [5.41, 5.74) is 1.22. The molecule has 1 aromatic heterocycles. The Morgan fingerprint density at radius 2 is 2.18 bits per heavy atom. The van der Waals surface area contributed by atoms with Crippen molar-refractivity contribution < 1.29 is 0 Å². The molecule has 0 atom stereocenters. The molecule has 0 spiro atoms. The zero-order valence-corrected chi connectivity index (χ0v) is 8.21. The van der Waals surface area contributed by atoms with Crippen LogP contribution in [-0.4, -0.2) is 16.8 Å². The first-order valence-corrected chi connectivity index (χ1v) is 2.95. The lowest BCUT2D eigenvalue weighted by molar-refractivity contribution is 0.764. The summed E-state index contributed by atoms with van der Waals surface area (Å²) in [7, 11) is 3.84. The fourth-order valence-corrected chi connectivity index (χ4v) is 0.767. The third kappa shape index (κ3) is 4.24. The average molecular weight is 198 g/mol. The lowest BCUT2D eigenvalue weighted by Gasteiger charge is -1.89. The minimum Gasteiger partial charge on any atom is -0.316 e. The van der Waals surface area contributed by atoms with Gasteiger partial charge in [0.15, 0.2) is 0 Å². The molecule has 0 amide bonds. The van der Waals surface area contributed by atoms with Crippen LogP contribution in [0, 0.1) is 0 Å². The Bertz CT molecular complexity index is 188. The molecule has 1 N–H and O–H groups in total. The van der Waals surface area contributed by atoms with Crippen LogP contribution >= 0.6 is 24.8 Å². The number of nitrogens with one attached hydrogen (secondary N) is 1. The number of aromatic nitrogens is 2. The van der Waals surface area contributed by atoms with Crippen LogP contribution in [0.3, 0.4) is 0 Å². The van der Waals surface area contributed by atoms with E-state index in [2.05, 4.69) is 10.4 Å². The zero-order chi connectivity index (χ0) is 6.69. The highest BCUT2D eigenvalue weighted by Crippen LogP contribution is 1.92. The van der Waals surface area contributed by atoms with E-state index < -0.39 is 0 Å². The van der Waals surface area contributed by atoms with Gasteiger partial charge in [0.1, 0.15) is 0 Å². The molecule has 0 saturated heterocycles. The maximum absolute atomic E-state index is 4.01. The summed E-state index contributed by atoms with van der Waals surface area (Å²) in [6, 6.07) is 0. The Morgan fingerprint density at radius 1 is 1.55 bits per heavy atom. The lowest BCUT2D eigenvalue weighted by atomic mass is 10.4. The topological polar surface area (TPSA) is 29.9 Å². The number of halogens is 2. The van der Waals surface area contributed by atoms with E-state index in [4.69, 9.17) is 0 Å². The summed E-state index contributed by atoms with van der Waals surface area (Å²) < 4.78 is 1.80. The van der Waals surface area contributed by atoms with Crippen molar-refractivity contribution in [2.45, 2.75) is 6.54 Å². The second-order valence-corrected chi connectivity index (χ2v) is 2.05. The molecule has 0 radical (unpaired) electrons. The molecule has 11 heavy (non-hydrogen) atoms. The van der Waals surface area contributed by atoms with Gasteiger partial charge in [-0.2, -0.15) is 5.10 Å². The van der Waals surface area contributed by atoms with Crippen molar-refractivity contribution in [2.75, 3.05) is 7.05 Å². The van der Waals surface area contributed by atoms with Crippen molar-refractivity contribution >= 4 is 24.8 Å². The second-order valence-electron chi connectivity index (χ2n) is 2.05. The largest absolute Gasteiger partial charge is 0.316 e. The lowest BCUT2D eigenvalue weighted by Crippen LogP contribution is -2.03. The van der Waals surface area contributed by atoms with Crippen LogP contribution < -0.4 is 5.32 Å². The maximum Gasteiger partial charge on any atom is 0.0534 e. The number of aryl methyl sites for hydroxylation is 1. The molecule has 0 bridgehead atoms. The summed E-state index contributed by atoms with van der Waals surface area (Å²) in [5, 5.41) is 7.06. The molecule has 1 aromatic rings. The molecular weight excluding hydrogens is 185 g/mol. The first-order valence-electron chi connectivity index (χ1n) is 2.95. The second kappa shape index (κ2) is 6.46. The van der Waals surface area contributed by atoms with E-state index in [1.807, 2.05) is 26.5 Å². The highest BCUT2D eigenvalue weighted by Gasteiger charge is 1.90. The third-order valence-corrected chi connectivity index (χ3v) is 1.14. The Labute approximate surface area is 79.0 Å². The van der Waals surface area contributed by atoms with Crippen molar-refractivity contribution in [2.24, 2.45) is 7.05 Å². The van der Waals surface area contributed by atoms with Crippen molar-refractivity contribution in [1.29, 1.82) is 0 Å². The van der Waals surface area contributed by atoms with Gasteiger partial charge in [-0.3, -0.25) is 4.68 Å². The zero-order valence-electron chi connectivity index (χ0n) is 6.57. The molecule has 0 unspecified atom stereocenters. The van der Waals surface area contributed by atoms with E-state index in [1.165, 1.54) is 5.56 Å². The quantitative estimate of drug-likeness (QED) is 0.767. The normalized spacial score (nSPS) is 8.18. The number of hydrogen-bond donors (Lipinski definition) is 1. The van der Waals surface area contributed by atoms with E-state index in [9.17, 15) is 0 Å². The van der Waals surface area contributed by atoms with Gasteiger partial charge in [0.25, 0.3) is 0 Å². The fourth-order valence-electron chi connectivity index (χ4n) is 0.767. The summed E-state index contributed by atoms with van der Waals surface area (Å²) in [5.74, 6) is 0. The maximum atomic E-state index is 4.01. The van der Waals surface area contributed by atoms with E-state index in [0.29, 0.717) is 0 Å². The van der Waals surface area contributed by atoms with Crippen LogP contribution in [0.25, 0.3) is 0 Å². The van der Waals surface area contributed by atoms with Crippen LogP contribution in [0.2, 0.25) is 0 Å². The molecule has 1 heterocycles. The molecule has 0 aliphatic carbocycles. The van der Waals surface area contributed by atoms with E-state index >= 15 is 0 Å². The SMILES string of the molecule is CNCc1cnn(C)c1.Cl.Cl. The first kappa shape index (κ1) is 13.3. The molecule has 3 nitrogen and oxygen atoms in total. The molecule has 0 fully saturated rings. The predicted octanol–water partition coefficient (Wildman–Crippen LogP) is 0.983. The van der Waals surface area contributed by atoms with Crippen LogP contribution in [0.4, 0.5) is 0 Å². The molecule has 5 heteroatoms. The van der Waals surface area contributed by atoms with Gasteiger partial charge in [-0.25, -0.2) is 0 Å². The van der Waals surface area contributed by atoms with Crippen molar-refractivity contribution in [1.82, 2.24) is 15.1 Å². The van der Waals surface area contributed by atoms with Gasteiger partial charge >= 0.3 is 0 Å². The monoisotopic (exact) mass is 197 g/mol. The fraction of sp³-hybridized carbons (Fsp3) is 0.500. The molecule has 0 aromatic carbocycles. The van der Waals surface area contributed by atoms with Gasteiger partial charge in [0.2, 0.25) is 0 Å². The Balaban J connectivity index is 0. The van der Waals surface area contributed by atoms with Gasteiger partial charge in [-0.05, 0) is 7.05 Å². The highest BCUT2D eigenvalue weighted by atomic mass is 35.5. The summed E-state index contributed by atoms with van der Waals surface area (Å²) in [6.07, 6.45) is 3.85. The minimum absolute atomic E-state index is 0. The molecule has 0 aliphatic heterocycles. The highest BCUT2D eigenvalue weighted by molar-refractivity contribution is 5.85. The van der Waals surface area contributed by atoms with Gasteiger partial charge < -0.3 is 5.32 Å². The van der Waals surface area contributed by atoms with Gasteiger partial charge in [-0.1, -0.05) is 0 Å². The number of hydrogen-bond acceptors (Lipinski definition) is 2. The average Bonchev–Trinajstić information content (AvgIpc) is 2.17. The molecule has 0 aliphatic rings. The Kier molecular flexibility index (Phi) is 7.84. The number of nitrogens with zero attached hydrogens (tertiary/aromatic N) is 2. The van der Waals surface area contributed by atoms with E-state index in [0.717, 1.165) is 6.54 Å². The Hall–Kier alpha value is -0.250.